The first-order valence-electron chi connectivity index (χ1n) is 9.02. The van der Waals surface area contributed by atoms with Gasteiger partial charge in [-0.05, 0) is 52.2 Å². The van der Waals surface area contributed by atoms with Crippen LogP contribution in [0.25, 0.3) is 16.8 Å². The SMILES string of the molecule is COc1cc(C(=O)c2ccc(-c3ccsc3)cc2-n2cncn2)cc(OC)c1OC. The summed E-state index contributed by atoms with van der Waals surface area (Å²) < 4.78 is 17.7. The summed E-state index contributed by atoms with van der Waals surface area (Å²) in [4.78, 5) is 17.5. The quantitative estimate of drug-likeness (QED) is 0.415. The van der Waals surface area contributed by atoms with E-state index in [4.69, 9.17) is 14.2 Å². The van der Waals surface area contributed by atoms with Crippen molar-refractivity contribution in [3.8, 4) is 34.1 Å². The lowest BCUT2D eigenvalue weighted by Gasteiger charge is -2.15. The minimum atomic E-state index is -0.198. The molecule has 0 bridgehead atoms. The Labute approximate surface area is 177 Å². The molecular formula is C22H19N3O4S. The Bertz CT molecular complexity index is 1150. The van der Waals surface area contributed by atoms with Gasteiger partial charge in [0.15, 0.2) is 17.3 Å². The van der Waals surface area contributed by atoms with E-state index in [9.17, 15) is 4.79 Å². The molecule has 0 aliphatic carbocycles. The zero-order valence-electron chi connectivity index (χ0n) is 16.7. The normalized spacial score (nSPS) is 10.6. The van der Waals surface area contributed by atoms with Gasteiger partial charge in [-0.2, -0.15) is 16.4 Å². The van der Waals surface area contributed by atoms with Gasteiger partial charge < -0.3 is 14.2 Å². The molecule has 4 aromatic rings. The first kappa shape index (κ1) is 19.7. The summed E-state index contributed by atoms with van der Waals surface area (Å²) in [5, 5.41) is 8.30. The maximum atomic E-state index is 13.5. The molecule has 0 spiro atoms. The number of nitrogens with zero attached hydrogens (tertiary/aromatic N) is 3. The molecule has 2 aromatic heterocycles. The number of hydrogen-bond donors (Lipinski definition) is 0. The number of rotatable bonds is 7. The summed E-state index contributed by atoms with van der Waals surface area (Å²) in [5.74, 6) is 1.06. The third-order valence-electron chi connectivity index (χ3n) is 4.69. The lowest BCUT2D eigenvalue weighted by atomic mass is 9.97. The van der Waals surface area contributed by atoms with Crippen molar-refractivity contribution in [2.45, 2.75) is 0 Å². The number of aromatic nitrogens is 3. The number of ketones is 1. The van der Waals surface area contributed by atoms with E-state index in [0.717, 1.165) is 11.1 Å². The molecule has 0 amide bonds. The Morgan fingerprint density at radius 1 is 0.967 bits per heavy atom. The van der Waals surface area contributed by atoms with Crippen LogP contribution in [0.1, 0.15) is 15.9 Å². The minimum absolute atomic E-state index is 0.198. The Morgan fingerprint density at radius 3 is 2.30 bits per heavy atom. The molecule has 0 atom stereocenters. The molecule has 0 saturated heterocycles. The number of methoxy groups -OCH3 is 3. The molecule has 152 valence electrons. The second kappa shape index (κ2) is 8.38. The van der Waals surface area contributed by atoms with Gasteiger partial charge >= 0.3 is 0 Å². The van der Waals surface area contributed by atoms with Crippen molar-refractivity contribution in [2.24, 2.45) is 0 Å². The lowest BCUT2D eigenvalue weighted by molar-refractivity contribution is 0.103. The first-order valence-corrected chi connectivity index (χ1v) is 9.97. The molecule has 4 rings (SSSR count). The predicted octanol–water partition coefficient (Wildman–Crippen LogP) is 4.25. The number of ether oxygens (including phenoxy) is 3. The van der Waals surface area contributed by atoms with Crippen LogP contribution in [0.2, 0.25) is 0 Å². The standard InChI is InChI=1S/C22H19N3O4S/c1-27-19-9-16(10-20(28-2)22(19)29-3)21(26)17-5-4-14(15-6-7-30-11-15)8-18(17)25-13-23-12-24-25/h4-13H,1-3H3. The summed E-state index contributed by atoms with van der Waals surface area (Å²) in [6, 6.07) is 11.0. The summed E-state index contributed by atoms with van der Waals surface area (Å²) in [5.41, 5.74) is 3.59. The topological polar surface area (TPSA) is 75.5 Å². The van der Waals surface area contributed by atoms with Crippen molar-refractivity contribution in [1.29, 1.82) is 0 Å². The Kier molecular flexibility index (Phi) is 5.49. The molecule has 30 heavy (non-hydrogen) atoms. The van der Waals surface area contributed by atoms with Crippen LogP contribution in [0.15, 0.2) is 59.8 Å². The van der Waals surface area contributed by atoms with Crippen molar-refractivity contribution in [2.75, 3.05) is 21.3 Å². The monoisotopic (exact) mass is 421 g/mol. The Balaban J connectivity index is 1.85. The number of benzene rings is 2. The molecule has 0 saturated carbocycles. The van der Waals surface area contributed by atoms with Gasteiger partial charge in [-0.25, -0.2) is 9.67 Å². The van der Waals surface area contributed by atoms with Crippen LogP contribution in [0.4, 0.5) is 0 Å². The summed E-state index contributed by atoms with van der Waals surface area (Å²) in [6.45, 7) is 0. The van der Waals surface area contributed by atoms with Gasteiger partial charge in [0.1, 0.15) is 12.7 Å². The zero-order valence-corrected chi connectivity index (χ0v) is 17.5. The largest absolute Gasteiger partial charge is 0.493 e. The van der Waals surface area contributed by atoms with Crippen LogP contribution in [0, 0.1) is 0 Å². The van der Waals surface area contributed by atoms with E-state index in [2.05, 4.69) is 15.5 Å². The molecule has 8 heteroatoms. The lowest BCUT2D eigenvalue weighted by Crippen LogP contribution is -2.09. The molecule has 0 fully saturated rings. The van der Waals surface area contributed by atoms with Gasteiger partial charge in [0.05, 0.1) is 27.0 Å². The highest BCUT2D eigenvalue weighted by molar-refractivity contribution is 7.08. The van der Waals surface area contributed by atoms with Gasteiger partial charge in [0, 0.05) is 11.1 Å². The van der Waals surface area contributed by atoms with Crippen molar-refractivity contribution in [3.63, 3.8) is 0 Å². The molecule has 2 aromatic carbocycles. The van der Waals surface area contributed by atoms with E-state index in [1.807, 2.05) is 23.6 Å². The van der Waals surface area contributed by atoms with E-state index >= 15 is 0 Å². The van der Waals surface area contributed by atoms with Crippen molar-refractivity contribution in [3.05, 3.63) is 70.9 Å². The number of carbonyl (C=O) groups excluding carboxylic acids is 1. The van der Waals surface area contributed by atoms with Gasteiger partial charge in [-0.3, -0.25) is 4.79 Å². The second-order valence-electron chi connectivity index (χ2n) is 6.33. The van der Waals surface area contributed by atoms with Gasteiger partial charge in [0.25, 0.3) is 0 Å². The molecule has 2 heterocycles. The maximum Gasteiger partial charge on any atom is 0.203 e. The van der Waals surface area contributed by atoms with Crippen LogP contribution in [0.5, 0.6) is 17.2 Å². The molecule has 7 nitrogen and oxygen atoms in total. The van der Waals surface area contributed by atoms with E-state index in [0.29, 0.717) is 34.1 Å². The average molecular weight is 421 g/mol. The highest BCUT2D eigenvalue weighted by Gasteiger charge is 2.21. The highest BCUT2D eigenvalue weighted by Crippen LogP contribution is 2.39. The van der Waals surface area contributed by atoms with Crippen LogP contribution in [-0.2, 0) is 0 Å². The first-order chi connectivity index (χ1) is 14.7. The fraction of sp³-hybridized carbons (Fsp3) is 0.136. The molecule has 0 radical (unpaired) electrons. The van der Waals surface area contributed by atoms with Crippen molar-refractivity contribution >= 4 is 17.1 Å². The third-order valence-corrected chi connectivity index (χ3v) is 5.37. The number of carbonyl (C=O) groups is 1. The third kappa shape index (κ3) is 3.53. The molecule has 0 aliphatic heterocycles. The maximum absolute atomic E-state index is 13.5. The predicted molar refractivity (Wildman–Crippen MR) is 114 cm³/mol. The van der Waals surface area contributed by atoms with E-state index in [-0.39, 0.29) is 5.78 Å². The Morgan fingerprint density at radius 2 is 1.73 bits per heavy atom. The molecular weight excluding hydrogens is 402 g/mol. The van der Waals surface area contributed by atoms with Crippen molar-refractivity contribution < 1.29 is 19.0 Å². The fourth-order valence-corrected chi connectivity index (χ4v) is 3.89. The summed E-state index contributed by atoms with van der Waals surface area (Å²) in [6.07, 6.45) is 3.00. The van der Waals surface area contributed by atoms with Crippen LogP contribution in [-0.4, -0.2) is 41.9 Å². The molecule has 0 unspecified atom stereocenters. The summed E-state index contributed by atoms with van der Waals surface area (Å²) in [7, 11) is 4.55. The van der Waals surface area contributed by atoms with Gasteiger partial charge in [-0.1, -0.05) is 6.07 Å². The van der Waals surface area contributed by atoms with Crippen LogP contribution in [0.3, 0.4) is 0 Å². The number of thiophene rings is 1. The highest BCUT2D eigenvalue weighted by atomic mass is 32.1. The molecule has 0 aliphatic rings. The number of hydrogen-bond acceptors (Lipinski definition) is 7. The van der Waals surface area contributed by atoms with Gasteiger partial charge in [-0.15, -0.1) is 0 Å². The smallest absolute Gasteiger partial charge is 0.203 e. The van der Waals surface area contributed by atoms with Crippen molar-refractivity contribution in [1.82, 2.24) is 14.8 Å². The minimum Gasteiger partial charge on any atom is -0.493 e. The molecule has 0 N–H and O–H groups in total. The summed E-state index contributed by atoms with van der Waals surface area (Å²) >= 11 is 1.62. The second-order valence-corrected chi connectivity index (χ2v) is 7.11. The van der Waals surface area contributed by atoms with E-state index < -0.39 is 0 Å². The van der Waals surface area contributed by atoms with E-state index in [1.165, 1.54) is 27.7 Å². The Hall–Kier alpha value is -3.65. The average Bonchev–Trinajstić information content (AvgIpc) is 3.51. The fourth-order valence-electron chi connectivity index (χ4n) is 3.22. The van der Waals surface area contributed by atoms with Gasteiger partial charge in [0.2, 0.25) is 5.75 Å². The van der Waals surface area contributed by atoms with Crippen LogP contribution < -0.4 is 14.2 Å². The van der Waals surface area contributed by atoms with E-state index in [1.54, 1.807) is 40.5 Å². The zero-order chi connectivity index (χ0) is 21.1. The van der Waals surface area contributed by atoms with Crippen LogP contribution >= 0.6 is 11.3 Å².